The lowest BCUT2D eigenvalue weighted by Crippen LogP contribution is -2.50. The number of nitrogens with zero attached hydrogens (tertiary/aromatic N) is 1. The first kappa shape index (κ1) is 11.5. The summed E-state index contributed by atoms with van der Waals surface area (Å²) in [6, 6.07) is 10.1. The predicted octanol–water partition coefficient (Wildman–Crippen LogP) is 2.65. The summed E-state index contributed by atoms with van der Waals surface area (Å²) in [5, 5.41) is 0. The highest BCUT2D eigenvalue weighted by Gasteiger charge is 2.27. The van der Waals surface area contributed by atoms with Gasteiger partial charge in [0.2, 0.25) is 0 Å². The van der Waals surface area contributed by atoms with Gasteiger partial charge in [0.1, 0.15) is 5.75 Å². The molecule has 0 amide bonds. The quantitative estimate of drug-likeness (QED) is 0.755. The molecular formula is C14H21NO. The van der Waals surface area contributed by atoms with Crippen LogP contribution in [0.1, 0.15) is 13.8 Å². The van der Waals surface area contributed by atoms with Crippen molar-refractivity contribution in [1.82, 2.24) is 4.90 Å². The van der Waals surface area contributed by atoms with Crippen molar-refractivity contribution in [2.24, 2.45) is 11.8 Å². The minimum Gasteiger partial charge on any atom is -0.493 e. The Morgan fingerprint density at radius 3 is 2.56 bits per heavy atom. The van der Waals surface area contributed by atoms with E-state index in [1.807, 2.05) is 30.3 Å². The van der Waals surface area contributed by atoms with Crippen LogP contribution >= 0.6 is 0 Å². The van der Waals surface area contributed by atoms with E-state index in [1.165, 1.54) is 19.6 Å². The fourth-order valence-corrected chi connectivity index (χ4v) is 2.18. The third-order valence-corrected chi connectivity index (χ3v) is 2.89. The second kappa shape index (κ2) is 5.35. The van der Waals surface area contributed by atoms with Crippen molar-refractivity contribution in [3.05, 3.63) is 30.3 Å². The van der Waals surface area contributed by atoms with Crippen molar-refractivity contribution in [1.29, 1.82) is 0 Å². The number of hydrogen-bond donors (Lipinski definition) is 0. The van der Waals surface area contributed by atoms with Crippen LogP contribution in [0.4, 0.5) is 0 Å². The zero-order valence-electron chi connectivity index (χ0n) is 10.2. The lowest BCUT2D eigenvalue weighted by molar-refractivity contribution is 0.0528. The Bertz CT molecular complexity index is 304. The molecule has 2 rings (SSSR count). The van der Waals surface area contributed by atoms with E-state index in [1.54, 1.807) is 0 Å². The second-order valence-corrected chi connectivity index (χ2v) is 5.10. The lowest BCUT2D eigenvalue weighted by atomic mass is 10.00. The van der Waals surface area contributed by atoms with Gasteiger partial charge in [-0.2, -0.15) is 0 Å². The van der Waals surface area contributed by atoms with Gasteiger partial charge in [-0.3, -0.25) is 0 Å². The maximum atomic E-state index is 5.74. The summed E-state index contributed by atoms with van der Waals surface area (Å²) in [5.74, 6) is 2.49. The number of benzene rings is 1. The van der Waals surface area contributed by atoms with E-state index < -0.39 is 0 Å². The first-order chi connectivity index (χ1) is 7.74. The monoisotopic (exact) mass is 219 g/mol. The summed E-state index contributed by atoms with van der Waals surface area (Å²) in [4.78, 5) is 2.50. The average molecular weight is 219 g/mol. The molecular weight excluding hydrogens is 198 g/mol. The molecule has 1 heterocycles. The third-order valence-electron chi connectivity index (χ3n) is 2.89. The van der Waals surface area contributed by atoms with Gasteiger partial charge < -0.3 is 9.64 Å². The minimum absolute atomic E-state index is 0.721. The van der Waals surface area contributed by atoms with Gasteiger partial charge in [0.15, 0.2) is 0 Å². The van der Waals surface area contributed by atoms with Gasteiger partial charge in [-0.05, 0) is 18.1 Å². The van der Waals surface area contributed by atoms with E-state index in [2.05, 4.69) is 18.7 Å². The van der Waals surface area contributed by atoms with Gasteiger partial charge in [0.05, 0.1) is 6.61 Å². The van der Waals surface area contributed by atoms with Gasteiger partial charge in [-0.1, -0.05) is 32.0 Å². The van der Waals surface area contributed by atoms with Crippen LogP contribution in [0.3, 0.4) is 0 Å². The van der Waals surface area contributed by atoms with Crippen molar-refractivity contribution in [3.8, 4) is 5.75 Å². The van der Waals surface area contributed by atoms with Crippen LogP contribution in [-0.4, -0.2) is 31.1 Å². The first-order valence-electron chi connectivity index (χ1n) is 6.14. The highest BCUT2D eigenvalue weighted by Crippen LogP contribution is 2.18. The molecule has 0 aliphatic carbocycles. The van der Waals surface area contributed by atoms with Crippen LogP contribution in [0.15, 0.2) is 30.3 Å². The average Bonchev–Trinajstić information content (AvgIpc) is 2.22. The Kier molecular flexibility index (Phi) is 3.83. The van der Waals surface area contributed by atoms with E-state index in [4.69, 9.17) is 4.74 Å². The Morgan fingerprint density at radius 2 is 1.94 bits per heavy atom. The molecule has 1 aromatic rings. The number of hydrogen-bond acceptors (Lipinski definition) is 2. The SMILES string of the molecule is CC(C)CN1CC(COc2ccccc2)C1. The fourth-order valence-electron chi connectivity index (χ4n) is 2.18. The topological polar surface area (TPSA) is 12.5 Å². The molecule has 1 fully saturated rings. The smallest absolute Gasteiger partial charge is 0.119 e. The zero-order chi connectivity index (χ0) is 11.4. The summed E-state index contributed by atoms with van der Waals surface area (Å²) in [5.41, 5.74) is 0. The highest BCUT2D eigenvalue weighted by molar-refractivity contribution is 5.20. The Morgan fingerprint density at radius 1 is 1.25 bits per heavy atom. The predicted molar refractivity (Wildman–Crippen MR) is 66.7 cm³/mol. The van der Waals surface area contributed by atoms with Crippen molar-refractivity contribution in [2.45, 2.75) is 13.8 Å². The third kappa shape index (κ3) is 3.24. The molecule has 2 nitrogen and oxygen atoms in total. The van der Waals surface area contributed by atoms with Crippen molar-refractivity contribution in [2.75, 3.05) is 26.2 Å². The molecule has 1 aromatic carbocycles. The second-order valence-electron chi connectivity index (χ2n) is 5.10. The number of rotatable bonds is 5. The largest absolute Gasteiger partial charge is 0.493 e. The van der Waals surface area contributed by atoms with Crippen LogP contribution < -0.4 is 4.74 Å². The molecule has 0 saturated carbocycles. The van der Waals surface area contributed by atoms with E-state index >= 15 is 0 Å². The maximum Gasteiger partial charge on any atom is 0.119 e. The molecule has 1 saturated heterocycles. The van der Waals surface area contributed by atoms with E-state index in [9.17, 15) is 0 Å². The van der Waals surface area contributed by atoms with E-state index in [-0.39, 0.29) is 0 Å². The van der Waals surface area contributed by atoms with Gasteiger partial charge in [0, 0.05) is 25.6 Å². The van der Waals surface area contributed by atoms with Crippen LogP contribution in [0.2, 0.25) is 0 Å². The van der Waals surface area contributed by atoms with Crippen molar-refractivity contribution >= 4 is 0 Å². The molecule has 0 aromatic heterocycles. The van der Waals surface area contributed by atoms with Crippen LogP contribution in [0.5, 0.6) is 5.75 Å². The molecule has 16 heavy (non-hydrogen) atoms. The first-order valence-corrected chi connectivity index (χ1v) is 6.14. The number of likely N-dealkylation sites (tertiary alicyclic amines) is 1. The fraction of sp³-hybridized carbons (Fsp3) is 0.571. The van der Waals surface area contributed by atoms with Crippen molar-refractivity contribution in [3.63, 3.8) is 0 Å². The van der Waals surface area contributed by atoms with Gasteiger partial charge in [0.25, 0.3) is 0 Å². The molecule has 0 unspecified atom stereocenters. The van der Waals surface area contributed by atoms with Gasteiger partial charge >= 0.3 is 0 Å². The molecule has 0 radical (unpaired) electrons. The molecule has 1 aliphatic rings. The Hall–Kier alpha value is -1.02. The molecule has 2 heteroatoms. The van der Waals surface area contributed by atoms with Crippen LogP contribution in [0.25, 0.3) is 0 Å². The van der Waals surface area contributed by atoms with Crippen LogP contribution in [0, 0.1) is 11.8 Å². The van der Waals surface area contributed by atoms with E-state index in [0.29, 0.717) is 0 Å². The van der Waals surface area contributed by atoms with E-state index in [0.717, 1.165) is 24.2 Å². The van der Waals surface area contributed by atoms with Crippen molar-refractivity contribution < 1.29 is 4.74 Å². The summed E-state index contributed by atoms with van der Waals surface area (Å²) in [7, 11) is 0. The number of ether oxygens (including phenoxy) is 1. The summed E-state index contributed by atoms with van der Waals surface area (Å²) in [6.45, 7) is 9.03. The molecule has 0 N–H and O–H groups in total. The highest BCUT2D eigenvalue weighted by atomic mass is 16.5. The minimum atomic E-state index is 0.721. The number of para-hydroxylation sites is 1. The normalized spacial score (nSPS) is 17.4. The summed E-state index contributed by atoms with van der Waals surface area (Å²) >= 11 is 0. The lowest BCUT2D eigenvalue weighted by Gasteiger charge is -2.40. The van der Waals surface area contributed by atoms with Gasteiger partial charge in [-0.25, -0.2) is 0 Å². The maximum absolute atomic E-state index is 5.74. The molecule has 88 valence electrons. The molecule has 0 spiro atoms. The molecule has 0 atom stereocenters. The van der Waals surface area contributed by atoms with Gasteiger partial charge in [-0.15, -0.1) is 0 Å². The molecule has 0 bridgehead atoms. The standard InChI is InChI=1S/C14H21NO/c1-12(2)8-15-9-13(10-15)11-16-14-6-4-3-5-7-14/h3-7,12-13H,8-11H2,1-2H3. The Labute approximate surface area is 98.2 Å². The summed E-state index contributed by atoms with van der Waals surface area (Å²) in [6.07, 6.45) is 0. The zero-order valence-corrected chi connectivity index (χ0v) is 10.2. The Balaban J connectivity index is 1.63. The molecule has 1 aliphatic heterocycles. The summed E-state index contributed by atoms with van der Waals surface area (Å²) < 4.78 is 5.74. The van der Waals surface area contributed by atoms with Crippen LogP contribution in [-0.2, 0) is 0 Å².